The first kappa shape index (κ1) is 15.0. The maximum absolute atomic E-state index is 13.8. The summed E-state index contributed by atoms with van der Waals surface area (Å²) >= 11 is 0. The molecule has 110 valence electrons. The normalized spacial score (nSPS) is 11.4. The molecule has 0 unspecified atom stereocenters. The highest BCUT2D eigenvalue weighted by Crippen LogP contribution is 2.37. The lowest BCUT2D eigenvalue weighted by Gasteiger charge is -2.13. The molecule has 0 aliphatic carbocycles. The quantitative estimate of drug-likeness (QED) is 0.865. The van der Waals surface area contributed by atoms with Gasteiger partial charge < -0.3 is 5.11 Å². The number of aliphatic carboxylic acids is 1. The smallest absolute Gasteiger partial charge is 0.417 e. The molecule has 2 aromatic rings. The van der Waals surface area contributed by atoms with Gasteiger partial charge in [-0.1, -0.05) is 30.3 Å². The maximum Gasteiger partial charge on any atom is 0.417 e. The standard InChI is InChI=1S/C15H10F4O2/c16-13-7-9(5-6-10(13)8-14(20)21)11-3-1-2-4-12(11)15(17,18)19/h1-7H,8H2,(H,20,21). The van der Waals surface area contributed by atoms with Crippen LogP contribution in [0.1, 0.15) is 11.1 Å². The fourth-order valence-corrected chi connectivity index (χ4v) is 2.00. The molecule has 0 aromatic heterocycles. The van der Waals surface area contributed by atoms with Crippen molar-refractivity contribution < 1.29 is 27.5 Å². The van der Waals surface area contributed by atoms with Crippen LogP contribution in [-0.4, -0.2) is 11.1 Å². The Morgan fingerprint density at radius 1 is 1.10 bits per heavy atom. The van der Waals surface area contributed by atoms with Crippen LogP contribution in [0.2, 0.25) is 0 Å². The Morgan fingerprint density at radius 3 is 2.33 bits per heavy atom. The van der Waals surface area contributed by atoms with Crippen molar-refractivity contribution in [2.45, 2.75) is 12.6 Å². The molecule has 0 aliphatic heterocycles. The SMILES string of the molecule is O=C(O)Cc1ccc(-c2ccccc2C(F)(F)F)cc1F. The number of benzene rings is 2. The summed E-state index contributed by atoms with van der Waals surface area (Å²) < 4.78 is 52.5. The van der Waals surface area contributed by atoms with E-state index in [0.717, 1.165) is 12.1 Å². The number of carboxylic acids is 1. The highest BCUT2D eigenvalue weighted by Gasteiger charge is 2.33. The largest absolute Gasteiger partial charge is 0.481 e. The van der Waals surface area contributed by atoms with Crippen LogP contribution >= 0.6 is 0 Å². The zero-order valence-corrected chi connectivity index (χ0v) is 10.6. The number of halogens is 4. The van der Waals surface area contributed by atoms with Crippen LogP contribution in [0.3, 0.4) is 0 Å². The molecule has 0 saturated heterocycles. The van der Waals surface area contributed by atoms with E-state index in [0.29, 0.717) is 0 Å². The lowest BCUT2D eigenvalue weighted by molar-refractivity contribution is -0.137. The summed E-state index contributed by atoms with van der Waals surface area (Å²) in [6.45, 7) is 0. The molecule has 2 aromatic carbocycles. The van der Waals surface area contributed by atoms with Crippen molar-refractivity contribution >= 4 is 5.97 Å². The number of carbonyl (C=O) groups is 1. The third-order valence-electron chi connectivity index (χ3n) is 2.94. The molecule has 6 heteroatoms. The van der Waals surface area contributed by atoms with Crippen LogP contribution in [0, 0.1) is 5.82 Å². The molecule has 1 N–H and O–H groups in total. The number of carboxylic acid groups (broad SMARTS) is 1. The lowest BCUT2D eigenvalue weighted by atomic mass is 9.97. The Labute approximate surface area is 117 Å². The van der Waals surface area contributed by atoms with E-state index >= 15 is 0 Å². The average molecular weight is 298 g/mol. The van der Waals surface area contributed by atoms with E-state index in [1.807, 2.05) is 0 Å². The van der Waals surface area contributed by atoms with Crippen LogP contribution in [0.15, 0.2) is 42.5 Å². The van der Waals surface area contributed by atoms with Crippen LogP contribution in [0.25, 0.3) is 11.1 Å². The third-order valence-corrected chi connectivity index (χ3v) is 2.94. The summed E-state index contributed by atoms with van der Waals surface area (Å²) in [5, 5.41) is 8.61. The molecule has 0 saturated carbocycles. The van der Waals surface area contributed by atoms with Gasteiger partial charge in [-0.25, -0.2) is 4.39 Å². The monoisotopic (exact) mass is 298 g/mol. The zero-order valence-electron chi connectivity index (χ0n) is 10.6. The van der Waals surface area contributed by atoms with Crippen molar-refractivity contribution in [1.82, 2.24) is 0 Å². The minimum absolute atomic E-state index is 0.0505. The lowest BCUT2D eigenvalue weighted by Crippen LogP contribution is -2.07. The molecule has 0 fully saturated rings. The van der Waals surface area contributed by atoms with Gasteiger partial charge in [0.05, 0.1) is 12.0 Å². The molecule has 2 nitrogen and oxygen atoms in total. The summed E-state index contributed by atoms with van der Waals surface area (Å²) in [4.78, 5) is 10.5. The Hall–Kier alpha value is -2.37. The number of hydrogen-bond donors (Lipinski definition) is 1. The minimum atomic E-state index is -4.55. The van der Waals surface area contributed by atoms with E-state index in [4.69, 9.17) is 5.11 Å². The first-order valence-corrected chi connectivity index (χ1v) is 5.96. The first-order valence-electron chi connectivity index (χ1n) is 5.96. The van der Waals surface area contributed by atoms with Crippen molar-refractivity contribution in [3.05, 3.63) is 59.4 Å². The summed E-state index contributed by atoms with van der Waals surface area (Å²) in [6.07, 6.45) is -5.07. The summed E-state index contributed by atoms with van der Waals surface area (Å²) in [7, 11) is 0. The predicted molar refractivity (Wildman–Crippen MR) is 68.2 cm³/mol. The van der Waals surface area contributed by atoms with Crippen molar-refractivity contribution in [3.8, 4) is 11.1 Å². The van der Waals surface area contributed by atoms with Crippen molar-refractivity contribution in [2.24, 2.45) is 0 Å². The maximum atomic E-state index is 13.8. The second-order valence-corrected chi connectivity index (χ2v) is 4.42. The van der Waals surface area contributed by atoms with Crippen LogP contribution in [-0.2, 0) is 17.4 Å². The van der Waals surface area contributed by atoms with Crippen molar-refractivity contribution in [3.63, 3.8) is 0 Å². The highest BCUT2D eigenvalue weighted by atomic mass is 19.4. The summed E-state index contributed by atoms with van der Waals surface area (Å²) in [5.41, 5.74) is -1.04. The second-order valence-electron chi connectivity index (χ2n) is 4.42. The molecular weight excluding hydrogens is 288 g/mol. The molecule has 0 bridgehead atoms. The van der Waals surface area contributed by atoms with Crippen LogP contribution < -0.4 is 0 Å². The second kappa shape index (κ2) is 5.55. The highest BCUT2D eigenvalue weighted by molar-refractivity contribution is 5.72. The van der Waals surface area contributed by atoms with Gasteiger partial charge in [0.25, 0.3) is 0 Å². The fourth-order valence-electron chi connectivity index (χ4n) is 2.00. The molecule has 0 heterocycles. The molecule has 2 rings (SSSR count). The molecule has 0 atom stereocenters. The molecule has 0 spiro atoms. The van der Waals surface area contributed by atoms with Crippen LogP contribution in [0.4, 0.5) is 17.6 Å². The molecular formula is C15H10F4O2. The zero-order chi connectivity index (χ0) is 15.6. The van der Waals surface area contributed by atoms with Gasteiger partial charge in [0.1, 0.15) is 5.82 Å². The Balaban J connectivity index is 2.49. The van der Waals surface area contributed by atoms with Crippen molar-refractivity contribution in [2.75, 3.05) is 0 Å². The average Bonchev–Trinajstić information content (AvgIpc) is 2.40. The van der Waals surface area contributed by atoms with Gasteiger partial charge >= 0.3 is 12.1 Å². The van der Waals surface area contributed by atoms with Gasteiger partial charge in [-0.3, -0.25) is 4.79 Å². The van der Waals surface area contributed by atoms with E-state index < -0.39 is 29.9 Å². The molecule has 0 amide bonds. The van der Waals surface area contributed by atoms with Crippen molar-refractivity contribution in [1.29, 1.82) is 0 Å². The Bertz CT molecular complexity index is 678. The first-order chi connectivity index (χ1) is 9.79. The fraction of sp³-hybridized carbons (Fsp3) is 0.133. The third kappa shape index (κ3) is 3.39. The summed E-state index contributed by atoms with van der Waals surface area (Å²) in [5.74, 6) is -2.05. The molecule has 21 heavy (non-hydrogen) atoms. The van der Waals surface area contributed by atoms with Gasteiger partial charge in [0, 0.05) is 0 Å². The Kier molecular flexibility index (Phi) is 3.97. The van der Waals surface area contributed by atoms with E-state index in [2.05, 4.69) is 0 Å². The minimum Gasteiger partial charge on any atom is -0.481 e. The Morgan fingerprint density at radius 2 is 1.76 bits per heavy atom. The van der Waals surface area contributed by atoms with E-state index in [1.165, 1.54) is 30.3 Å². The van der Waals surface area contributed by atoms with Gasteiger partial charge in [0.2, 0.25) is 0 Å². The van der Waals surface area contributed by atoms with Gasteiger partial charge in [-0.05, 0) is 28.8 Å². The van der Waals surface area contributed by atoms with Gasteiger partial charge in [-0.15, -0.1) is 0 Å². The topological polar surface area (TPSA) is 37.3 Å². The number of alkyl halides is 3. The van der Waals surface area contributed by atoms with Gasteiger partial charge in [-0.2, -0.15) is 13.2 Å². The molecule has 0 aliphatic rings. The van der Waals surface area contributed by atoms with E-state index in [9.17, 15) is 22.4 Å². The van der Waals surface area contributed by atoms with E-state index in [-0.39, 0.29) is 16.7 Å². The number of hydrogen-bond acceptors (Lipinski definition) is 1. The predicted octanol–water partition coefficient (Wildman–Crippen LogP) is 4.14. The van der Waals surface area contributed by atoms with Crippen LogP contribution in [0.5, 0.6) is 0 Å². The summed E-state index contributed by atoms with van der Waals surface area (Å²) in [6, 6.07) is 8.22. The van der Waals surface area contributed by atoms with Gasteiger partial charge in [0.15, 0.2) is 0 Å². The number of rotatable bonds is 3. The van der Waals surface area contributed by atoms with E-state index in [1.54, 1.807) is 0 Å². The molecule has 0 radical (unpaired) electrons.